The Morgan fingerprint density at radius 2 is 2.00 bits per heavy atom. The molecule has 1 N–H and O–H groups in total. The molecule has 0 saturated carbocycles. The number of unbranched alkanes of at least 4 members (excludes halogenated alkanes) is 1. The number of nitrogens with one attached hydrogen (secondary N) is 1. The molecule has 1 atom stereocenters. The molecular formula is C21H34ClFN2O. The number of nitrogens with zero attached hydrogens (tertiary/aromatic N) is 1. The standard InChI is InChI=1S/C15H30N2O.C6H4ClF/c1-3-5-8-14(12-16-10-4-2)13-17-11-7-6-9-15(17)18;7-5-3-1-2-4-6(5)8/h14,16H,3-13H2,1-2H3;1-4H. The second kappa shape index (κ2) is 14.0. The third kappa shape index (κ3) is 9.54. The van der Waals surface area contributed by atoms with Crippen LogP contribution >= 0.6 is 11.6 Å². The summed E-state index contributed by atoms with van der Waals surface area (Å²) in [6, 6.07) is 6.12. The molecule has 5 heteroatoms. The van der Waals surface area contributed by atoms with Crippen LogP contribution in [0.3, 0.4) is 0 Å². The summed E-state index contributed by atoms with van der Waals surface area (Å²) in [6.45, 7) is 8.55. The van der Waals surface area contributed by atoms with Crippen molar-refractivity contribution in [2.45, 2.75) is 58.8 Å². The van der Waals surface area contributed by atoms with Gasteiger partial charge in [0.25, 0.3) is 0 Å². The van der Waals surface area contributed by atoms with Crippen LogP contribution in [0.25, 0.3) is 0 Å². The van der Waals surface area contributed by atoms with Gasteiger partial charge in [0.05, 0.1) is 5.02 Å². The quantitative estimate of drug-likeness (QED) is 0.587. The van der Waals surface area contributed by atoms with E-state index in [0.29, 0.717) is 11.8 Å². The van der Waals surface area contributed by atoms with E-state index in [-0.39, 0.29) is 10.8 Å². The fraction of sp³-hybridized carbons (Fsp3) is 0.667. The molecule has 1 unspecified atom stereocenters. The van der Waals surface area contributed by atoms with Crippen molar-refractivity contribution in [2.24, 2.45) is 5.92 Å². The Bertz CT molecular complexity index is 492. The van der Waals surface area contributed by atoms with Gasteiger partial charge in [0.2, 0.25) is 5.91 Å². The molecule has 148 valence electrons. The van der Waals surface area contributed by atoms with Gasteiger partial charge in [-0.15, -0.1) is 0 Å². The van der Waals surface area contributed by atoms with E-state index in [1.165, 1.54) is 44.2 Å². The minimum absolute atomic E-state index is 0.174. The fourth-order valence-electron chi connectivity index (χ4n) is 3.04. The van der Waals surface area contributed by atoms with E-state index < -0.39 is 0 Å². The number of likely N-dealkylation sites (tertiary alicyclic amines) is 1. The maximum absolute atomic E-state index is 12.2. The molecule has 1 heterocycles. The molecule has 1 aliphatic rings. The molecule has 1 fully saturated rings. The summed E-state index contributed by atoms with van der Waals surface area (Å²) < 4.78 is 12.2. The van der Waals surface area contributed by atoms with Gasteiger partial charge in [-0.2, -0.15) is 0 Å². The van der Waals surface area contributed by atoms with E-state index in [1.54, 1.807) is 12.1 Å². The van der Waals surface area contributed by atoms with Crippen LogP contribution in [-0.2, 0) is 4.79 Å². The van der Waals surface area contributed by atoms with Crippen LogP contribution in [0.2, 0.25) is 5.02 Å². The van der Waals surface area contributed by atoms with Gasteiger partial charge < -0.3 is 10.2 Å². The number of hydrogen-bond acceptors (Lipinski definition) is 2. The van der Waals surface area contributed by atoms with Gasteiger partial charge in [-0.3, -0.25) is 4.79 Å². The van der Waals surface area contributed by atoms with E-state index in [2.05, 4.69) is 24.1 Å². The molecule has 0 radical (unpaired) electrons. The molecule has 0 aromatic heterocycles. The molecule has 1 saturated heterocycles. The summed E-state index contributed by atoms with van der Waals surface area (Å²) >= 11 is 5.33. The molecule has 1 aliphatic heterocycles. The summed E-state index contributed by atoms with van der Waals surface area (Å²) in [5, 5.41) is 3.68. The molecular weight excluding hydrogens is 351 g/mol. The molecule has 1 aromatic carbocycles. The highest BCUT2D eigenvalue weighted by Crippen LogP contribution is 2.16. The number of amides is 1. The largest absolute Gasteiger partial charge is 0.342 e. The number of halogens is 2. The van der Waals surface area contributed by atoms with Gasteiger partial charge in [-0.1, -0.05) is 50.4 Å². The van der Waals surface area contributed by atoms with Gasteiger partial charge >= 0.3 is 0 Å². The first-order chi connectivity index (χ1) is 12.6. The molecule has 1 aromatic rings. The first-order valence-corrected chi connectivity index (χ1v) is 10.3. The van der Waals surface area contributed by atoms with Crippen LogP contribution < -0.4 is 5.32 Å². The molecule has 0 spiro atoms. The smallest absolute Gasteiger partial charge is 0.222 e. The van der Waals surface area contributed by atoms with E-state index in [0.717, 1.165) is 39.0 Å². The fourth-order valence-corrected chi connectivity index (χ4v) is 3.18. The summed E-state index contributed by atoms with van der Waals surface area (Å²) in [5.74, 6) is 0.644. The van der Waals surface area contributed by atoms with E-state index in [4.69, 9.17) is 11.6 Å². The second-order valence-corrected chi connectivity index (χ2v) is 7.33. The highest BCUT2D eigenvalue weighted by molar-refractivity contribution is 6.30. The van der Waals surface area contributed by atoms with Crippen molar-refractivity contribution >= 4 is 17.5 Å². The average Bonchev–Trinajstić information content (AvgIpc) is 2.64. The Kier molecular flexibility index (Phi) is 12.3. The van der Waals surface area contributed by atoms with Gasteiger partial charge in [0.15, 0.2) is 0 Å². The summed E-state index contributed by atoms with van der Waals surface area (Å²) in [4.78, 5) is 13.9. The van der Waals surface area contributed by atoms with Crippen molar-refractivity contribution in [3.63, 3.8) is 0 Å². The lowest BCUT2D eigenvalue weighted by atomic mass is 9.99. The first-order valence-electron chi connectivity index (χ1n) is 9.97. The lowest BCUT2D eigenvalue weighted by Crippen LogP contribution is -2.41. The number of carbonyl (C=O) groups excluding carboxylic acids is 1. The Hall–Kier alpha value is -1.13. The highest BCUT2D eigenvalue weighted by Gasteiger charge is 2.21. The minimum atomic E-state index is -0.367. The number of piperidine rings is 1. The van der Waals surface area contributed by atoms with Crippen molar-refractivity contribution in [2.75, 3.05) is 26.2 Å². The maximum atomic E-state index is 12.2. The van der Waals surface area contributed by atoms with Gasteiger partial charge in [0.1, 0.15) is 5.82 Å². The predicted octanol–water partition coefficient (Wildman–Crippen LogP) is 5.28. The Labute approximate surface area is 163 Å². The van der Waals surface area contributed by atoms with Crippen molar-refractivity contribution in [3.8, 4) is 0 Å². The molecule has 0 aliphatic carbocycles. The van der Waals surface area contributed by atoms with E-state index in [1.807, 2.05) is 0 Å². The molecule has 0 bridgehead atoms. The van der Waals surface area contributed by atoms with Crippen LogP contribution in [-0.4, -0.2) is 37.0 Å². The zero-order valence-electron chi connectivity index (χ0n) is 16.3. The van der Waals surface area contributed by atoms with Crippen molar-refractivity contribution in [1.82, 2.24) is 10.2 Å². The lowest BCUT2D eigenvalue weighted by molar-refractivity contribution is -0.133. The van der Waals surface area contributed by atoms with Crippen molar-refractivity contribution in [1.29, 1.82) is 0 Å². The van der Waals surface area contributed by atoms with Gasteiger partial charge in [-0.25, -0.2) is 4.39 Å². The summed E-state index contributed by atoms with van der Waals surface area (Å²) in [5.41, 5.74) is 0. The maximum Gasteiger partial charge on any atom is 0.222 e. The van der Waals surface area contributed by atoms with Crippen molar-refractivity contribution in [3.05, 3.63) is 35.1 Å². The monoisotopic (exact) mass is 384 g/mol. The van der Waals surface area contributed by atoms with Crippen LogP contribution in [0.15, 0.2) is 24.3 Å². The first kappa shape index (κ1) is 22.9. The van der Waals surface area contributed by atoms with Crippen LogP contribution in [0.1, 0.15) is 58.8 Å². The van der Waals surface area contributed by atoms with Gasteiger partial charge in [0, 0.05) is 19.5 Å². The van der Waals surface area contributed by atoms with Crippen LogP contribution in [0, 0.1) is 11.7 Å². The minimum Gasteiger partial charge on any atom is -0.342 e. The molecule has 26 heavy (non-hydrogen) atoms. The van der Waals surface area contributed by atoms with Crippen LogP contribution in [0.4, 0.5) is 4.39 Å². The number of rotatable bonds is 9. The Balaban J connectivity index is 0.000000350. The molecule has 2 rings (SSSR count). The topological polar surface area (TPSA) is 32.3 Å². The van der Waals surface area contributed by atoms with E-state index >= 15 is 0 Å². The lowest BCUT2D eigenvalue weighted by Gasteiger charge is -2.31. The number of carbonyl (C=O) groups is 1. The Morgan fingerprint density at radius 3 is 2.58 bits per heavy atom. The zero-order valence-corrected chi connectivity index (χ0v) is 17.0. The number of hydrogen-bond donors (Lipinski definition) is 1. The van der Waals surface area contributed by atoms with Crippen LogP contribution in [0.5, 0.6) is 0 Å². The number of benzene rings is 1. The normalized spacial score (nSPS) is 15.4. The van der Waals surface area contributed by atoms with Crippen molar-refractivity contribution < 1.29 is 9.18 Å². The van der Waals surface area contributed by atoms with E-state index in [9.17, 15) is 9.18 Å². The Morgan fingerprint density at radius 1 is 1.23 bits per heavy atom. The third-order valence-electron chi connectivity index (χ3n) is 4.55. The summed E-state index contributed by atoms with van der Waals surface area (Å²) in [6.07, 6.45) is 8.00. The molecule has 1 amide bonds. The second-order valence-electron chi connectivity index (χ2n) is 6.92. The van der Waals surface area contributed by atoms with Gasteiger partial charge in [-0.05, 0) is 56.8 Å². The SMILES string of the molecule is CCCCC(CNCCC)CN1CCCCC1=O.Fc1ccccc1Cl. The average molecular weight is 385 g/mol. The highest BCUT2D eigenvalue weighted by atomic mass is 35.5. The predicted molar refractivity (Wildman–Crippen MR) is 108 cm³/mol. The molecule has 3 nitrogen and oxygen atoms in total. The zero-order chi connectivity index (χ0) is 19.2. The third-order valence-corrected chi connectivity index (χ3v) is 4.86. The summed E-state index contributed by atoms with van der Waals surface area (Å²) in [7, 11) is 0.